The Morgan fingerprint density at radius 2 is 1.23 bits per heavy atom. The summed E-state index contributed by atoms with van der Waals surface area (Å²) in [5.74, 6) is 0.683. The van der Waals surface area contributed by atoms with Crippen molar-refractivity contribution in [3.63, 3.8) is 0 Å². The highest BCUT2D eigenvalue weighted by atomic mass is 28.1. The second-order valence-electron chi connectivity index (χ2n) is 5.88. The van der Waals surface area contributed by atoms with Gasteiger partial charge >= 0.3 is 0 Å². The average molecular weight is 331 g/mol. The minimum atomic E-state index is 0.184. The van der Waals surface area contributed by atoms with Crippen molar-refractivity contribution in [2.45, 2.75) is 84.3 Å². The molecule has 0 spiro atoms. The van der Waals surface area contributed by atoms with Crippen LogP contribution < -0.4 is 0 Å². The van der Waals surface area contributed by atoms with Crippen LogP contribution in [0.4, 0.5) is 0 Å². The first-order chi connectivity index (χ1) is 10.7. The Morgan fingerprint density at radius 1 is 0.773 bits per heavy atom. The molecule has 0 fully saturated rings. The Morgan fingerprint density at radius 3 is 1.68 bits per heavy atom. The van der Waals surface area contributed by atoms with Crippen LogP contribution in [0.1, 0.15) is 78.6 Å². The van der Waals surface area contributed by atoms with E-state index in [2.05, 4.69) is 20.8 Å². The Balaban J connectivity index is 4.11. The zero-order chi connectivity index (χ0) is 16.5. The van der Waals surface area contributed by atoms with Crippen molar-refractivity contribution in [2.24, 2.45) is 0 Å². The minimum Gasteiger partial charge on any atom is -0.466 e. The van der Waals surface area contributed by atoms with Crippen molar-refractivity contribution in [2.75, 3.05) is 19.8 Å². The molecule has 0 amide bonds. The van der Waals surface area contributed by atoms with Gasteiger partial charge in [-0.3, -0.25) is 0 Å². The van der Waals surface area contributed by atoms with Gasteiger partial charge in [0.05, 0.1) is 18.9 Å². The van der Waals surface area contributed by atoms with Crippen LogP contribution in [0.25, 0.3) is 0 Å². The van der Waals surface area contributed by atoms with Crippen LogP contribution in [-0.2, 0) is 14.2 Å². The molecule has 0 N–H and O–H groups in total. The van der Waals surface area contributed by atoms with Crippen LogP contribution in [0.2, 0.25) is 0 Å². The molecule has 0 saturated heterocycles. The van der Waals surface area contributed by atoms with Gasteiger partial charge in [-0.1, -0.05) is 59.3 Å². The molecule has 0 aliphatic heterocycles. The first kappa shape index (κ1) is 21.5. The van der Waals surface area contributed by atoms with E-state index in [0.717, 1.165) is 49.3 Å². The van der Waals surface area contributed by atoms with Crippen LogP contribution >= 0.6 is 0 Å². The third-order valence-electron chi connectivity index (χ3n) is 3.48. The SMILES string of the molecule is CCCCCOC(=CC([SiH3])OCCCCC)OCCCCC. The molecule has 1 atom stereocenters. The standard InChI is InChI=1S/C18H38O3Si/c1-4-7-10-13-19-17(20-14-11-8-5-2)16-18(22)21-15-12-9-6-3/h16,18H,4-15H2,1-3,22H3. The molecule has 0 aliphatic rings. The summed E-state index contributed by atoms with van der Waals surface area (Å²) >= 11 is 0. The lowest BCUT2D eigenvalue weighted by Gasteiger charge is -2.15. The highest BCUT2D eigenvalue weighted by Gasteiger charge is 2.05. The monoisotopic (exact) mass is 330 g/mol. The van der Waals surface area contributed by atoms with Crippen LogP contribution in [0.5, 0.6) is 0 Å². The van der Waals surface area contributed by atoms with Gasteiger partial charge < -0.3 is 14.2 Å². The molecule has 4 heteroatoms. The third kappa shape index (κ3) is 14.5. The van der Waals surface area contributed by atoms with Crippen molar-refractivity contribution in [3.05, 3.63) is 12.0 Å². The van der Waals surface area contributed by atoms with Gasteiger partial charge in [-0.05, 0) is 19.3 Å². The van der Waals surface area contributed by atoms with Crippen LogP contribution in [0.3, 0.4) is 0 Å². The third-order valence-corrected chi connectivity index (χ3v) is 4.15. The smallest absolute Gasteiger partial charge is 0.277 e. The van der Waals surface area contributed by atoms with Gasteiger partial charge in [-0.25, -0.2) is 0 Å². The maximum atomic E-state index is 5.85. The fourth-order valence-corrected chi connectivity index (χ4v) is 2.56. The quantitative estimate of drug-likeness (QED) is 0.242. The summed E-state index contributed by atoms with van der Waals surface area (Å²) in [5, 5.41) is 0. The summed E-state index contributed by atoms with van der Waals surface area (Å²) in [5.41, 5.74) is 0.184. The van der Waals surface area contributed by atoms with Gasteiger partial charge in [-0.2, -0.15) is 0 Å². The van der Waals surface area contributed by atoms with Crippen LogP contribution in [-0.4, -0.2) is 35.8 Å². The lowest BCUT2D eigenvalue weighted by atomic mass is 10.3. The molecule has 22 heavy (non-hydrogen) atoms. The van der Waals surface area contributed by atoms with E-state index in [4.69, 9.17) is 14.2 Å². The number of rotatable bonds is 16. The summed E-state index contributed by atoms with van der Waals surface area (Å²) in [7, 11) is 0.967. The molecule has 3 nitrogen and oxygen atoms in total. The number of unbranched alkanes of at least 4 members (excludes halogenated alkanes) is 6. The summed E-state index contributed by atoms with van der Waals surface area (Å²) in [6.07, 6.45) is 12.7. The molecule has 0 radical (unpaired) electrons. The lowest BCUT2D eigenvalue weighted by Crippen LogP contribution is -2.13. The predicted octanol–water partition coefficient (Wildman–Crippen LogP) is 4.14. The summed E-state index contributed by atoms with van der Waals surface area (Å²) in [6.45, 7) is 8.96. The van der Waals surface area contributed by atoms with E-state index < -0.39 is 0 Å². The molecule has 0 aromatic carbocycles. The van der Waals surface area contributed by atoms with Crippen LogP contribution in [0, 0.1) is 0 Å². The van der Waals surface area contributed by atoms with Gasteiger partial charge in [0.2, 0.25) is 0 Å². The van der Waals surface area contributed by atoms with Gasteiger partial charge in [0.15, 0.2) is 0 Å². The van der Waals surface area contributed by atoms with Gasteiger partial charge in [0.25, 0.3) is 5.95 Å². The zero-order valence-electron chi connectivity index (χ0n) is 15.4. The van der Waals surface area contributed by atoms with Crippen molar-refractivity contribution in [3.8, 4) is 0 Å². The van der Waals surface area contributed by atoms with E-state index in [1.54, 1.807) is 0 Å². The molecule has 1 unspecified atom stereocenters. The fourth-order valence-electron chi connectivity index (χ4n) is 2.05. The molecule has 132 valence electrons. The largest absolute Gasteiger partial charge is 0.466 e. The highest BCUT2D eigenvalue weighted by Crippen LogP contribution is 2.08. The minimum absolute atomic E-state index is 0.184. The van der Waals surface area contributed by atoms with E-state index in [-0.39, 0.29) is 5.73 Å². The van der Waals surface area contributed by atoms with Gasteiger partial charge in [-0.15, -0.1) is 0 Å². The maximum absolute atomic E-state index is 5.85. The fraction of sp³-hybridized carbons (Fsp3) is 0.889. The van der Waals surface area contributed by atoms with E-state index >= 15 is 0 Å². The molecular formula is C18H38O3Si. The Kier molecular flexibility index (Phi) is 16.5. The maximum Gasteiger partial charge on any atom is 0.277 e. The molecule has 0 aromatic heterocycles. The summed E-state index contributed by atoms with van der Waals surface area (Å²) < 4.78 is 17.5. The highest BCUT2D eigenvalue weighted by molar-refractivity contribution is 6.12. The summed E-state index contributed by atoms with van der Waals surface area (Å²) in [4.78, 5) is 0. The van der Waals surface area contributed by atoms with Crippen LogP contribution in [0.15, 0.2) is 12.0 Å². The normalized spacial score (nSPS) is 12.1. The van der Waals surface area contributed by atoms with Crippen molar-refractivity contribution in [1.29, 1.82) is 0 Å². The van der Waals surface area contributed by atoms with Gasteiger partial charge in [0, 0.05) is 22.9 Å². The van der Waals surface area contributed by atoms with E-state index in [0.29, 0.717) is 5.95 Å². The Hall–Kier alpha value is -0.483. The first-order valence-electron chi connectivity index (χ1n) is 9.33. The second-order valence-corrected chi connectivity index (χ2v) is 7.02. The number of hydrogen-bond donors (Lipinski definition) is 0. The first-order valence-corrected chi connectivity index (χ1v) is 10.5. The average Bonchev–Trinajstić information content (AvgIpc) is 2.52. The second kappa shape index (κ2) is 16.9. The molecule has 0 aromatic rings. The number of ether oxygens (including phenoxy) is 3. The molecular weight excluding hydrogens is 292 g/mol. The van der Waals surface area contributed by atoms with Gasteiger partial charge in [0.1, 0.15) is 0 Å². The predicted molar refractivity (Wildman–Crippen MR) is 98.2 cm³/mol. The zero-order valence-corrected chi connectivity index (χ0v) is 17.4. The van der Waals surface area contributed by atoms with Crippen molar-refractivity contribution in [1.82, 2.24) is 0 Å². The molecule has 0 rings (SSSR count). The molecule has 0 heterocycles. The Labute approximate surface area is 141 Å². The summed E-state index contributed by atoms with van der Waals surface area (Å²) in [6, 6.07) is 0. The lowest BCUT2D eigenvalue weighted by molar-refractivity contribution is 0.0258. The van der Waals surface area contributed by atoms with E-state index in [1.807, 2.05) is 6.08 Å². The van der Waals surface area contributed by atoms with E-state index in [1.165, 1.54) is 38.5 Å². The molecule has 0 bridgehead atoms. The van der Waals surface area contributed by atoms with E-state index in [9.17, 15) is 0 Å². The van der Waals surface area contributed by atoms with Crippen molar-refractivity contribution < 1.29 is 14.2 Å². The van der Waals surface area contributed by atoms with Crippen molar-refractivity contribution >= 4 is 10.2 Å². The number of hydrogen-bond acceptors (Lipinski definition) is 3. The Bertz CT molecular complexity index is 243. The molecule has 0 aliphatic carbocycles. The molecule has 0 saturated carbocycles. The topological polar surface area (TPSA) is 27.7 Å².